The minimum atomic E-state index is -3.61. The number of carbonyl (C=O) groups excluding carboxylic acids is 2. The van der Waals surface area contributed by atoms with Crippen molar-refractivity contribution < 1.29 is 22.7 Å². The zero-order chi connectivity index (χ0) is 28.1. The largest absolute Gasteiger partial charge is 0.492 e. The van der Waals surface area contributed by atoms with Crippen molar-refractivity contribution in [1.29, 1.82) is 0 Å². The van der Waals surface area contributed by atoms with Gasteiger partial charge < -0.3 is 15.0 Å². The van der Waals surface area contributed by atoms with E-state index in [2.05, 4.69) is 12.2 Å². The Morgan fingerprint density at radius 3 is 2.39 bits per heavy atom. The monoisotopic (exact) mass is 545 g/mol. The van der Waals surface area contributed by atoms with Crippen LogP contribution in [0.2, 0.25) is 0 Å². The first-order valence-electron chi connectivity index (χ1n) is 13.4. The molecular weight excluding hydrogens is 502 g/mol. The molecule has 0 aliphatic carbocycles. The highest BCUT2D eigenvalue weighted by atomic mass is 32.2. The third-order valence-corrected chi connectivity index (χ3v) is 7.42. The first-order chi connectivity index (χ1) is 18.1. The van der Waals surface area contributed by atoms with Crippen LogP contribution in [0.4, 0.5) is 5.69 Å². The van der Waals surface area contributed by atoms with Gasteiger partial charge in [-0.25, -0.2) is 8.42 Å². The number of nitrogens with one attached hydrogen (secondary N) is 1. The van der Waals surface area contributed by atoms with E-state index >= 15 is 0 Å². The van der Waals surface area contributed by atoms with Crippen molar-refractivity contribution in [2.45, 2.75) is 72.4 Å². The van der Waals surface area contributed by atoms with Crippen LogP contribution in [0.3, 0.4) is 0 Å². The first-order valence-corrected chi connectivity index (χ1v) is 15.3. The van der Waals surface area contributed by atoms with E-state index in [0.717, 1.165) is 30.2 Å². The highest BCUT2D eigenvalue weighted by molar-refractivity contribution is 7.92. The number of carbonyl (C=O) groups is 2. The molecule has 0 bridgehead atoms. The lowest BCUT2D eigenvalue weighted by molar-refractivity contribution is -0.141. The number of amides is 2. The zero-order valence-electron chi connectivity index (χ0n) is 23.4. The zero-order valence-corrected chi connectivity index (χ0v) is 24.2. The number of unbranched alkanes of at least 4 members (excludes halogenated alkanes) is 1. The topological polar surface area (TPSA) is 96.0 Å². The van der Waals surface area contributed by atoms with E-state index in [9.17, 15) is 18.0 Å². The second-order valence-corrected chi connectivity index (χ2v) is 11.3. The van der Waals surface area contributed by atoms with Crippen LogP contribution < -0.4 is 14.4 Å². The standard InChI is InChI=1S/C29H43N3O5S/c1-6-9-19-30-29(34)25(7-2)31(22-24-15-12-14-23(4)21-24)28(33)18-13-20-32(38(5,35)36)26-16-10-11-17-27(26)37-8-3/h10-12,14-17,21,25H,6-9,13,18-20,22H2,1-5H3,(H,30,34). The molecule has 9 heteroatoms. The molecule has 0 saturated heterocycles. The molecule has 2 rings (SSSR count). The van der Waals surface area contributed by atoms with Crippen molar-refractivity contribution in [3.8, 4) is 5.75 Å². The van der Waals surface area contributed by atoms with Crippen LogP contribution in [0.25, 0.3) is 0 Å². The average Bonchev–Trinajstić information content (AvgIpc) is 2.86. The molecule has 8 nitrogen and oxygen atoms in total. The maximum atomic E-state index is 13.6. The Hall–Kier alpha value is -3.07. The summed E-state index contributed by atoms with van der Waals surface area (Å²) in [7, 11) is -3.61. The van der Waals surface area contributed by atoms with Gasteiger partial charge in [0.1, 0.15) is 11.8 Å². The number of para-hydroxylation sites is 2. The fourth-order valence-corrected chi connectivity index (χ4v) is 5.32. The van der Waals surface area contributed by atoms with E-state index in [1.165, 1.54) is 4.31 Å². The number of anilines is 1. The number of hydrogen-bond donors (Lipinski definition) is 1. The minimum Gasteiger partial charge on any atom is -0.492 e. The Bertz CT molecular complexity index is 1150. The molecule has 210 valence electrons. The molecule has 2 aromatic carbocycles. The lowest BCUT2D eigenvalue weighted by Gasteiger charge is -2.31. The molecule has 0 aliphatic rings. The van der Waals surface area contributed by atoms with Crippen molar-refractivity contribution in [2.24, 2.45) is 0 Å². The molecule has 0 radical (unpaired) electrons. The average molecular weight is 546 g/mol. The van der Waals surface area contributed by atoms with E-state index < -0.39 is 16.1 Å². The molecule has 2 amide bonds. The molecule has 1 N–H and O–H groups in total. The Labute approximate surface area is 228 Å². The first kappa shape index (κ1) is 31.1. The summed E-state index contributed by atoms with van der Waals surface area (Å²) in [4.78, 5) is 28.2. The summed E-state index contributed by atoms with van der Waals surface area (Å²) in [5.74, 6) is 0.128. The fourth-order valence-electron chi connectivity index (χ4n) is 4.36. The number of sulfonamides is 1. The molecule has 0 aliphatic heterocycles. The van der Waals surface area contributed by atoms with Crippen LogP contribution in [0.1, 0.15) is 64.0 Å². The van der Waals surface area contributed by atoms with Gasteiger partial charge in [0.25, 0.3) is 0 Å². The van der Waals surface area contributed by atoms with Crippen molar-refractivity contribution >= 4 is 27.5 Å². The highest BCUT2D eigenvalue weighted by Crippen LogP contribution is 2.30. The van der Waals surface area contributed by atoms with E-state index in [1.54, 1.807) is 29.2 Å². The van der Waals surface area contributed by atoms with Gasteiger partial charge in [-0.1, -0.05) is 62.2 Å². The van der Waals surface area contributed by atoms with Gasteiger partial charge in [-0.2, -0.15) is 0 Å². The summed E-state index contributed by atoms with van der Waals surface area (Å²) in [5.41, 5.74) is 2.47. The van der Waals surface area contributed by atoms with Gasteiger partial charge in [-0.3, -0.25) is 13.9 Å². The number of hydrogen-bond acceptors (Lipinski definition) is 5. The maximum Gasteiger partial charge on any atom is 0.242 e. The third-order valence-electron chi connectivity index (χ3n) is 6.24. The molecule has 0 heterocycles. The second-order valence-electron chi connectivity index (χ2n) is 9.42. The van der Waals surface area contributed by atoms with Gasteiger partial charge in [-0.15, -0.1) is 0 Å². The number of aryl methyl sites for hydroxylation is 1. The molecule has 0 aromatic heterocycles. The van der Waals surface area contributed by atoms with Gasteiger partial charge in [0, 0.05) is 26.1 Å². The Morgan fingerprint density at radius 1 is 1.03 bits per heavy atom. The third kappa shape index (κ3) is 9.35. The molecule has 0 saturated carbocycles. The molecule has 38 heavy (non-hydrogen) atoms. The fraction of sp³-hybridized carbons (Fsp3) is 0.517. The number of ether oxygens (including phenoxy) is 1. The van der Waals surface area contributed by atoms with Crippen LogP contribution in [0, 0.1) is 6.92 Å². The van der Waals surface area contributed by atoms with Crippen LogP contribution >= 0.6 is 0 Å². The lowest BCUT2D eigenvalue weighted by Crippen LogP contribution is -2.49. The van der Waals surface area contributed by atoms with Crippen LogP contribution in [0.15, 0.2) is 48.5 Å². The Morgan fingerprint density at radius 2 is 1.76 bits per heavy atom. The lowest BCUT2D eigenvalue weighted by atomic mass is 10.1. The second kappa shape index (κ2) is 15.4. The van der Waals surface area contributed by atoms with E-state index in [-0.39, 0.29) is 24.8 Å². The van der Waals surface area contributed by atoms with Crippen molar-refractivity contribution in [3.05, 3.63) is 59.7 Å². The van der Waals surface area contributed by atoms with Crippen LogP contribution in [-0.2, 0) is 26.2 Å². The maximum absolute atomic E-state index is 13.6. The van der Waals surface area contributed by atoms with E-state index in [4.69, 9.17) is 4.74 Å². The van der Waals surface area contributed by atoms with Gasteiger partial charge in [0.2, 0.25) is 21.8 Å². The van der Waals surface area contributed by atoms with Crippen molar-refractivity contribution in [2.75, 3.05) is 30.3 Å². The summed E-state index contributed by atoms with van der Waals surface area (Å²) in [5, 5.41) is 2.97. The van der Waals surface area contributed by atoms with Crippen molar-refractivity contribution in [3.63, 3.8) is 0 Å². The number of benzene rings is 2. The highest BCUT2D eigenvalue weighted by Gasteiger charge is 2.29. The van der Waals surface area contributed by atoms with Crippen molar-refractivity contribution in [1.82, 2.24) is 10.2 Å². The normalized spacial score (nSPS) is 12.0. The summed E-state index contributed by atoms with van der Waals surface area (Å²) < 4.78 is 32.2. The van der Waals surface area contributed by atoms with E-state index in [1.807, 2.05) is 45.0 Å². The molecular formula is C29H43N3O5S. The smallest absolute Gasteiger partial charge is 0.242 e. The summed E-state index contributed by atoms with van der Waals surface area (Å²) in [6, 6.07) is 14.3. The summed E-state index contributed by atoms with van der Waals surface area (Å²) >= 11 is 0. The SMILES string of the molecule is CCCCNC(=O)C(CC)N(Cc1cccc(C)c1)C(=O)CCCN(c1ccccc1OCC)S(C)(=O)=O. The van der Waals surface area contributed by atoms with Gasteiger partial charge in [0.15, 0.2) is 0 Å². The molecule has 2 aromatic rings. The van der Waals surface area contributed by atoms with Gasteiger partial charge >= 0.3 is 0 Å². The molecule has 0 fully saturated rings. The molecule has 1 unspecified atom stereocenters. The van der Waals surface area contributed by atoms with Crippen LogP contribution in [-0.4, -0.2) is 57.1 Å². The summed E-state index contributed by atoms with van der Waals surface area (Å²) in [6.07, 6.45) is 3.87. The van der Waals surface area contributed by atoms with Gasteiger partial charge in [0.05, 0.1) is 18.6 Å². The number of rotatable bonds is 16. The van der Waals surface area contributed by atoms with Gasteiger partial charge in [-0.05, 0) is 50.8 Å². The molecule has 0 spiro atoms. The summed E-state index contributed by atoms with van der Waals surface area (Å²) in [6.45, 7) is 9.19. The Balaban J connectivity index is 2.23. The number of nitrogens with zero attached hydrogens (tertiary/aromatic N) is 2. The predicted octanol–water partition coefficient (Wildman–Crippen LogP) is 4.66. The predicted molar refractivity (Wildman–Crippen MR) is 153 cm³/mol. The Kier molecular flexibility index (Phi) is 12.6. The van der Waals surface area contributed by atoms with E-state index in [0.29, 0.717) is 44.0 Å². The van der Waals surface area contributed by atoms with Crippen LogP contribution in [0.5, 0.6) is 5.75 Å². The quantitative estimate of drug-likeness (QED) is 0.310. The minimum absolute atomic E-state index is 0.105. The molecule has 1 atom stereocenters.